The first-order chi connectivity index (χ1) is 17.7. The van der Waals surface area contributed by atoms with Gasteiger partial charge in [0.1, 0.15) is 11.2 Å². The minimum absolute atomic E-state index is 0.458. The summed E-state index contributed by atoms with van der Waals surface area (Å²) in [6, 6.07) is 36.1. The Morgan fingerprint density at radius 2 is 0.973 bits per heavy atom. The summed E-state index contributed by atoms with van der Waals surface area (Å²) in [5.41, 5.74) is 2.76. The summed E-state index contributed by atoms with van der Waals surface area (Å²) in [5, 5.41) is 0. The summed E-state index contributed by atoms with van der Waals surface area (Å²) in [7, 11) is 0. The molecule has 37 heavy (non-hydrogen) atoms. The maximum atomic E-state index is 11.5. The number of hydrogen-bond acceptors (Lipinski definition) is 5. The van der Waals surface area contributed by atoms with Gasteiger partial charge in [0, 0.05) is 0 Å². The van der Waals surface area contributed by atoms with Gasteiger partial charge in [-0.25, -0.2) is 19.5 Å². The third-order valence-corrected chi connectivity index (χ3v) is 5.64. The molecule has 4 aromatic carbocycles. The van der Waals surface area contributed by atoms with Crippen molar-refractivity contribution in [1.29, 1.82) is 0 Å². The van der Waals surface area contributed by atoms with Gasteiger partial charge in [-0.15, -0.1) is 0 Å². The van der Waals surface area contributed by atoms with E-state index in [0.29, 0.717) is 11.3 Å². The molecule has 5 heteroatoms. The first kappa shape index (κ1) is 27.7. The van der Waals surface area contributed by atoms with Crippen LogP contribution in [-0.2, 0) is 25.9 Å². The van der Waals surface area contributed by atoms with Crippen LogP contribution in [0.5, 0.6) is 5.75 Å². The maximum absolute atomic E-state index is 11.5. The van der Waals surface area contributed by atoms with Crippen LogP contribution < -0.4 is 4.89 Å². The average Bonchev–Trinajstić information content (AvgIpc) is 2.93. The zero-order chi connectivity index (χ0) is 26.7. The van der Waals surface area contributed by atoms with E-state index in [0.717, 1.165) is 16.7 Å². The molecule has 0 radical (unpaired) electrons. The molecule has 0 amide bonds. The van der Waals surface area contributed by atoms with Gasteiger partial charge in [0.2, 0.25) is 0 Å². The van der Waals surface area contributed by atoms with Crippen LogP contribution in [0.1, 0.15) is 54.7 Å². The molecule has 0 N–H and O–H groups in total. The second-order valence-electron chi connectivity index (χ2n) is 9.55. The lowest BCUT2D eigenvalue weighted by Crippen LogP contribution is -2.29. The molecule has 4 rings (SSSR count). The lowest BCUT2D eigenvalue weighted by molar-refractivity contribution is -0.410. The standard InChI is InChI=1S/C18H22O2.C14H12O3/c1-17(2,15-11-7-5-8-12-15)19-20-18(3,4)16-13-9-6-10-14-16;1-11-7-9-13(10-8-11)16-17-14(15)12-5-3-2-4-6-12/h5-14H,1-4H3;2-10H,1H3. The molecule has 0 spiro atoms. The van der Waals surface area contributed by atoms with Gasteiger partial charge in [-0.1, -0.05) is 96.6 Å². The van der Waals surface area contributed by atoms with E-state index in [-0.39, 0.29) is 0 Å². The molecule has 0 aromatic heterocycles. The molecule has 0 aliphatic heterocycles. The Balaban J connectivity index is 0.000000208. The van der Waals surface area contributed by atoms with Crippen molar-refractivity contribution < 1.29 is 24.3 Å². The smallest absolute Gasteiger partial charge is 0.287 e. The van der Waals surface area contributed by atoms with Crippen LogP contribution in [0.15, 0.2) is 115 Å². The molecule has 0 aliphatic rings. The van der Waals surface area contributed by atoms with Crippen LogP contribution in [-0.4, -0.2) is 5.97 Å². The first-order valence-corrected chi connectivity index (χ1v) is 12.2. The Labute approximate surface area is 219 Å². The van der Waals surface area contributed by atoms with Gasteiger partial charge in [0.05, 0.1) is 5.56 Å². The Morgan fingerprint density at radius 1 is 0.568 bits per heavy atom. The van der Waals surface area contributed by atoms with Crippen molar-refractivity contribution in [1.82, 2.24) is 0 Å². The van der Waals surface area contributed by atoms with E-state index in [1.807, 2.05) is 113 Å². The second kappa shape index (κ2) is 12.9. The third-order valence-electron chi connectivity index (χ3n) is 5.64. The number of hydrogen-bond donors (Lipinski definition) is 0. The molecule has 0 fully saturated rings. The lowest BCUT2D eigenvalue weighted by Gasteiger charge is -2.31. The largest absolute Gasteiger partial charge is 0.386 e. The van der Waals surface area contributed by atoms with Gasteiger partial charge in [-0.2, -0.15) is 0 Å². The zero-order valence-corrected chi connectivity index (χ0v) is 22.0. The summed E-state index contributed by atoms with van der Waals surface area (Å²) < 4.78 is 0. The highest BCUT2D eigenvalue weighted by molar-refractivity contribution is 5.88. The van der Waals surface area contributed by atoms with E-state index in [9.17, 15) is 4.79 Å². The minimum Gasteiger partial charge on any atom is -0.287 e. The number of rotatable bonds is 8. The van der Waals surface area contributed by atoms with Crippen molar-refractivity contribution in [2.45, 2.75) is 45.8 Å². The fourth-order valence-electron chi connectivity index (χ4n) is 3.29. The molecule has 0 heterocycles. The predicted molar refractivity (Wildman–Crippen MR) is 145 cm³/mol. The quantitative estimate of drug-likeness (QED) is 0.182. The Bertz CT molecular complexity index is 1170. The SMILES string of the molecule is CC(C)(OOC(C)(C)c1ccccc1)c1ccccc1.Cc1ccc(OOC(=O)c2ccccc2)cc1. The molecule has 192 valence electrons. The summed E-state index contributed by atoms with van der Waals surface area (Å²) in [6.07, 6.45) is 0. The minimum atomic E-state index is -0.508. The normalized spacial score (nSPS) is 11.2. The molecule has 0 unspecified atom stereocenters. The molecule has 4 aromatic rings. The molecule has 0 bridgehead atoms. The van der Waals surface area contributed by atoms with Crippen LogP contribution in [0.3, 0.4) is 0 Å². The fraction of sp³-hybridized carbons (Fsp3) is 0.219. The van der Waals surface area contributed by atoms with Crippen molar-refractivity contribution in [2.75, 3.05) is 0 Å². The van der Waals surface area contributed by atoms with E-state index in [4.69, 9.17) is 19.6 Å². The molecule has 0 aliphatic carbocycles. The summed E-state index contributed by atoms with van der Waals surface area (Å²) in [6.45, 7) is 9.99. The predicted octanol–water partition coefficient (Wildman–Crippen LogP) is 7.95. The van der Waals surface area contributed by atoms with Gasteiger partial charge in [0.25, 0.3) is 0 Å². The van der Waals surface area contributed by atoms with Crippen LogP contribution in [0, 0.1) is 6.92 Å². The van der Waals surface area contributed by atoms with Crippen molar-refractivity contribution in [3.8, 4) is 5.75 Å². The van der Waals surface area contributed by atoms with Crippen LogP contribution in [0.25, 0.3) is 0 Å². The van der Waals surface area contributed by atoms with E-state index in [1.54, 1.807) is 36.4 Å². The zero-order valence-electron chi connectivity index (χ0n) is 22.0. The van der Waals surface area contributed by atoms with Crippen LogP contribution in [0.2, 0.25) is 0 Å². The van der Waals surface area contributed by atoms with E-state index >= 15 is 0 Å². The lowest BCUT2D eigenvalue weighted by atomic mass is 9.98. The monoisotopic (exact) mass is 498 g/mol. The fourth-order valence-corrected chi connectivity index (χ4v) is 3.29. The van der Waals surface area contributed by atoms with E-state index in [1.165, 1.54) is 0 Å². The van der Waals surface area contributed by atoms with Crippen LogP contribution >= 0.6 is 0 Å². The van der Waals surface area contributed by atoms with Crippen molar-refractivity contribution in [3.05, 3.63) is 138 Å². The summed E-state index contributed by atoms with van der Waals surface area (Å²) in [4.78, 5) is 32.6. The Kier molecular flexibility index (Phi) is 9.61. The number of benzene rings is 4. The highest BCUT2D eigenvalue weighted by Gasteiger charge is 2.29. The summed E-state index contributed by atoms with van der Waals surface area (Å²) in [5.74, 6) is -0.00828. The number of aryl methyl sites for hydroxylation is 1. The van der Waals surface area contributed by atoms with Crippen molar-refractivity contribution in [2.24, 2.45) is 0 Å². The van der Waals surface area contributed by atoms with Gasteiger partial charge < -0.3 is 0 Å². The van der Waals surface area contributed by atoms with Crippen molar-refractivity contribution >= 4 is 5.97 Å². The number of carbonyl (C=O) groups is 1. The first-order valence-electron chi connectivity index (χ1n) is 12.2. The van der Waals surface area contributed by atoms with Gasteiger partial charge in [-0.05, 0) is 70.0 Å². The topological polar surface area (TPSA) is 54.0 Å². The molecular formula is C32H34O5. The molecule has 0 saturated carbocycles. The van der Waals surface area contributed by atoms with Crippen molar-refractivity contribution in [3.63, 3.8) is 0 Å². The number of carbonyl (C=O) groups excluding carboxylic acids is 1. The average molecular weight is 499 g/mol. The second-order valence-corrected chi connectivity index (χ2v) is 9.55. The molecule has 0 saturated heterocycles. The molecular weight excluding hydrogens is 464 g/mol. The van der Waals surface area contributed by atoms with E-state index < -0.39 is 17.2 Å². The summed E-state index contributed by atoms with van der Waals surface area (Å²) >= 11 is 0. The molecule has 5 nitrogen and oxygen atoms in total. The van der Waals surface area contributed by atoms with Crippen LogP contribution in [0.4, 0.5) is 0 Å². The van der Waals surface area contributed by atoms with Gasteiger partial charge in [0.15, 0.2) is 5.75 Å². The van der Waals surface area contributed by atoms with Gasteiger partial charge >= 0.3 is 5.97 Å². The van der Waals surface area contributed by atoms with E-state index in [2.05, 4.69) is 0 Å². The Hall–Kier alpha value is -3.93. The highest BCUT2D eigenvalue weighted by Crippen LogP contribution is 2.31. The van der Waals surface area contributed by atoms with Gasteiger partial charge in [-0.3, -0.25) is 4.89 Å². The third kappa shape index (κ3) is 8.60. The Morgan fingerprint density at radius 3 is 1.41 bits per heavy atom. The maximum Gasteiger partial charge on any atom is 0.386 e. The highest BCUT2D eigenvalue weighted by atomic mass is 17.2. The molecule has 0 atom stereocenters.